The van der Waals surface area contributed by atoms with Crippen molar-refractivity contribution in [1.29, 1.82) is 0 Å². The number of carbonyl (C=O) groups excluding carboxylic acids is 1. The summed E-state index contributed by atoms with van der Waals surface area (Å²) in [5, 5.41) is 0.594. The van der Waals surface area contributed by atoms with Crippen LogP contribution in [0.15, 0.2) is 11.6 Å². The maximum Gasteiger partial charge on any atom is 0.121 e. The molecule has 0 bridgehead atoms. The average Bonchev–Trinajstić information content (AvgIpc) is 2.36. The molecular weight excluding hydrogens is 268 g/mol. The van der Waals surface area contributed by atoms with Crippen molar-refractivity contribution in [3.05, 3.63) is 11.6 Å². The molecular formula is C17H32O2S. The van der Waals surface area contributed by atoms with E-state index in [0.717, 1.165) is 32.2 Å². The predicted octanol–water partition coefficient (Wildman–Crippen LogP) is 5.02. The number of carbonyl (C=O) groups is 1. The van der Waals surface area contributed by atoms with Crippen LogP contribution in [0, 0.1) is 0 Å². The summed E-state index contributed by atoms with van der Waals surface area (Å²) < 4.78 is 5.27. The van der Waals surface area contributed by atoms with Gasteiger partial charge in [0.05, 0.1) is 0 Å². The molecule has 0 amide bonds. The van der Waals surface area contributed by atoms with Crippen molar-refractivity contribution in [2.75, 3.05) is 13.7 Å². The molecule has 0 spiro atoms. The lowest BCUT2D eigenvalue weighted by molar-refractivity contribution is -0.108. The van der Waals surface area contributed by atoms with Crippen LogP contribution in [0.5, 0.6) is 0 Å². The number of allylic oxidation sites excluding steroid dienone is 2. The van der Waals surface area contributed by atoms with Gasteiger partial charge in [-0.3, -0.25) is 0 Å². The number of methoxy groups -OCH3 is 1. The van der Waals surface area contributed by atoms with Crippen LogP contribution in [0.25, 0.3) is 0 Å². The van der Waals surface area contributed by atoms with Crippen molar-refractivity contribution < 1.29 is 9.53 Å². The lowest BCUT2D eigenvalue weighted by Gasteiger charge is -2.31. The first-order chi connectivity index (χ1) is 9.47. The Morgan fingerprint density at radius 1 is 1.35 bits per heavy atom. The molecule has 0 aliphatic rings. The molecule has 0 N–H and O–H groups in total. The molecule has 20 heavy (non-hydrogen) atoms. The van der Waals surface area contributed by atoms with Gasteiger partial charge < -0.3 is 9.53 Å². The van der Waals surface area contributed by atoms with Crippen molar-refractivity contribution in [2.24, 2.45) is 0 Å². The van der Waals surface area contributed by atoms with E-state index in [1.165, 1.54) is 18.4 Å². The smallest absolute Gasteiger partial charge is 0.121 e. The standard InChI is InChI=1S/C17H32O2S/c1-6-8-16(10-14-19-5)20-17(4,12-13-18)11-7-9-15(2)3/h9,13,16H,6-8,10-12,14H2,1-5H3. The predicted molar refractivity (Wildman–Crippen MR) is 90.5 cm³/mol. The topological polar surface area (TPSA) is 26.3 Å². The zero-order valence-corrected chi connectivity index (χ0v) is 14.7. The van der Waals surface area contributed by atoms with Crippen LogP contribution in [0.4, 0.5) is 0 Å². The van der Waals surface area contributed by atoms with Gasteiger partial charge in [0.2, 0.25) is 0 Å². The fraction of sp³-hybridized carbons (Fsp3) is 0.824. The minimum absolute atomic E-state index is 0.0568. The Hall–Kier alpha value is -0.280. The second kappa shape index (κ2) is 11.4. The third-order valence-electron chi connectivity index (χ3n) is 3.45. The molecule has 0 aromatic rings. The molecule has 0 rings (SSSR count). The Kier molecular flexibility index (Phi) is 11.2. The summed E-state index contributed by atoms with van der Waals surface area (Å²) in [6.07, 6.45) is 9.57. The summed E-state index contributed by atoms with van der Waals surface area (Å²) in [7, 11) is 1.76. The van der Waals surface area contributed by atoms with E-state index in [1.54, 1.807) is 7.11 Å². The van der Waals surface area contributed by atoms with E-state index >= 15 is 0 Å². The van der Waals surface area contributed by atoms with E-state index in [4.69, 9.17) is 4.74 Å². The first kappa shape index (κ1) is 19.7. The van der Waals surface area contributed by atoms with Crippen LogP contribution >= 0.6 is 11.8 Å². The highest BCUT2D eigenvalue weighted by Gasteiger charge is 2.27. The Morgan fingerprint density at radius 2 is 2.05 bits per heavy atom. The van der Waals surface area contributed by atoms with Gasteiger partial charge in [-0.05, 0) is 46.5 Å². The lowest BCUT2D eigenvalue weighted by atomic mass is 10.0. The first-order valence-corrected chi connectivity index (χ1v) is 8.59. The second-order valence-electron chi connectivity index (χ2n) is 5.95. The Bertz CT molecular complexity index is 285. The molecule has 0 aromatic heterocycles. The van der Waals surface area contributed by atoms with Gasteiger partial charge in [-0.15, -0.1) is 0 Å². The molecule has 0 radical (unpaired) electrons. The zero-order chi connectivity index (χ0) is 15.4. The van der Waals surface area contributed by atoms with Gasteiger partial charge in [0.15, 0.2) is 0 Å². The molecule has 118 valence electrons. The molecule has 2 nitrogen and oxygen atoms in total. The summed E-state index contributed by atoms with van der Waals surface area (Å²) >= 11 is 1.99. The van der Waals surface area contributed by atoms with Gasteiger partial charge in [0, 0.05) is 30.1 Å². The normalized spacial score (nSPS) is 15.4. The number of thioether (sulfide) groups is 1. The van der Waals surface area contributed by atoms with E-state index < -0.39 is 0 Å². The van der Waals surface area contributed by atoms with Crippen LogP contribution in [-0.2, 0) is 9.53 Å². The monoisotopic (exact) mass is 300 g/mol. The molecule has 2 unspecified atom stereocenters. The van der Waals surface area contributed by atoms with Crippen LogP contribution in [0.3, 0.4) is 0 Å². The minimum atomic E-state index is 0.0568. The van der Waals surface area contributed by atoms with E-state index in [0.29, 0.717) is 11.7 Å². The minimum Gasteiger partial charge on any atom is -0.385 e. The largest absolute Gasteiger partial charge is 0.385 e. The molecule has 2 atom stereocenters. The first-order valence-electron chi connectivity index (χ1n) is 7.71. The number of rotatable bonds is 12. The van der Waals surface area contributed by atoms with Crippen LogP contribution in [-0.4, -0.2) is 30.0 Å². The van der Waals surface area contributed by atoms with Gasteiger partial charge in [-0.25, -0.2) is 0 Å². The number of hydrogen-bond acceptors (Lipinski definition) is 3. The number of ether oxygens (including phenoxy) is 1. The lowest BCUT2D eigenvalue weighted by Crippen LogP contribution is -2.25. The van der Waals surface area contributed by atoms with Gasteiger partial charge in [0.25, 0.3) is 0 Å². The fourth-order valence-corrected chi connectivity index (χ4v) is 4.06. The van der Waals surface area contributed by atoms with Gasteiger partial charge >= 0.3 is 0 Å². The highest BCUT2D eigenvalue weighted by Crippen LogP contribution is 2.39. The molecule has 0 saturated carbocycles. The van der Waals surface area contributed by atoms with Crippen molar-refractivity contribution in [1.82, 2.24) is 0 Å². The molecule has 0 aromatic carbocycles. The summed E-state index contributed by atoms with van der Waals surface area (Å²) in [6, 6.07) is 0. The maximum absolute atomic E-state index is 11.0. The van der Waals surface area contributed by atoms with E-state index in [1.807, 2.05) is 11.8 Å². The Balaban J connectivity index is 4.57. The Labute approximate surface area is 129 Å². The van der Waals surface area contributed by atoms with E-state index in [9.17, 15) is 4.79 Å². The van der Waals surface area contributed by atoms with Gasteiger partial charge in [-0.1, -0.05) is 25.0 Å². The number of hydrogen-bond donors (Lipinski definition) is 0. The maximum atomic E-state index is 11.0. The SMILES string of the molecule is CCCC(CCOC)SC(C)(CC=O)CCC=C(C)C. The molecule has 0 heterocycles. The third-order valence-corrected chi connectivity index (χ3v) is 5.19. The van der Waals surface area contributed by atoms with Crippen molar-refractivity contribution in [3.8, 4) is 0 Å². The van der Waals surface area contributed by atoms with Gasteiger partial charge in [-0.2, -0.15) is 11.8 Å². The van der Waals surface area contributed by atoms with Crippen molar-refractivity contribution in [2.45, 2.75) is 76.2 Å². The highest BCUT2D eigenvalue weighted by atomic mass is 32.2. The fourth-order valence-electron chi connectivity index (χ4n) is 2.29. The average molecular weight is 301 g/mol. The molecule has 0 saturated heterocycles. The molecule has 0 fully saturated rings. The van der Waals surface area contributed by atoms with Crippen LogP contribution < -0.4 is 0 Å². The molecule has 0 aliphatic heterocycles. The van der Waals surface area contributed by atoms with Crippen molar-refractivity contribution in [3.63, 3.8) is 0 Å². The van der Waals surface area contributed by atoms with Crippen LogP contribution in [0.1, 0.15) is 66.2 Å². The summed E-state index contributed by atoms with van der Waals surface area (Å²) in [4.78, 5) is 11.0. The Morgan fingerprint density at radius 3 is 2.55 bits per heavy atom. The van der Waals surface area contributed by atoms with E-state index in [2.05, 4.69) is 33.8 Å². The van der Waals surface area contributed by atoms with E-state index in [-0.39, 0.29) is 4.75 Å². The summed E-state index contributed by atoms with van der Waals surface area (Å²) in [5.74, 6) is 0. The highest BCUT2D eigenvalue weighted by molar-refractivity contribution is 8.01. The summed E-state index contributed by atoms with van der Waals surface area (Å²) in [5.41, 5.74) is 1.35. The van der Waals surface area contributed by atoms with Crippen LogP contribution in [0.2, 0.25) is 0 Å². The quantitative estimate of drug-likeness (QED) is 0.374. The third kappa shape index (κ3) is 9.60. The van der Waals surface area contributed by atoms with Crippen molar-refractivity contribution >= 4 is 18.0 Å². The summed E-state index contributed by atoms with van der Waals surface area (Å²) in [6.45, 7) is 9.52. The van der Waals surface area contributed by atoms with Gasteiger partial charge in [0.1, 0.15) is 6.29 Å². The zero-order valence-electron chi connectivity index (χ0n) is 13.9. The number of aldehydes is 1. The molecule has 0 aliphatic carbocycles. The second-order valence-corrected chi connectivity index (χ2v) is 7.84. The molecule has 3 heteroatoms.